The molecular formula is C10H11NO2. The summed E-state index contributed by atoms with van der Waals surface area (Å²) in [6.45, 7) is 0.586. The SMILES string of the molecule is COCc1ccc2c(c1)NC(=O)C2. The van der Waals surface area contributed by atoms with Crippen LogP contribution in [-0.2, 0) is 22.6 Å². The molecule has 1 aromatic rings. The normalized spacial score (nSPS) is 14.1. The van der Waals surface area contributed by atoms with E-state index in [0.29, 0.717) is 13.0 Å². The monoisotopic (exact) mass is 177 g/mol. The fourth-order valence-corrected chi connectivity index (χ4v) is 1.52. The van der Waals surface area contributed by atoms with Gasteiger partial charge in [0.15, 0.2) is 0 Å². The molecule has 1 heterocycles. The van der Waals surface area contributed by atoms with Crippen LogP contribution in [0, 0.1) is 0 Å². The summed E-state index contributed by atoms with van der Waals surface area (Å²) in [6.07, 6.45) is 0.503. The molecule has 0 bridgehead atoms. The Balaban J connectivity index is 2.29. The molecule has 1 N–H and O–H groups in total. The molecule has 1 amide bonds. The minimum absolute atomic E-state index is 0.0737. The molecule has 2 rings (SSSR count). The average Bonchev–Trinajstić information content (AvgIpc) is 2.44. The first-order chi connectivity index (χ1) is 6.29. The maximum Gasteiger partial charge on any atom is 0.228 e. The van der Waals surface area contributed by atoms with Crippen LogP contribution in [0.15, 0.2) is 18.2 Å². The first kappa shape index (κ1) is 8.26. The largest absolute Gasteiger partial charge is 0.380 e. The van der Waals surface area contributed by atoms with Gasteiger partial charge < -0.3 is 10.1 Å². The highest BCUT2D eigenvalue weighted by molar-refractivity contribution is 5.99. The predicted octanol–water partition coefficient (Wildman–Crippen LogP) is 1.33. The average molecular weight is 177 g/mol. The highest BCUT2D eigenvalue weighted by atomic mass is 16.5. The molecule has 0 unspecified atom stereocenters. The lowest BCUT2D eigenvalue weighted by Gasteiger charge is -2.02. The lowest BCUT2D eigenvalue weighted by atomic mass is 10.1. The molecule has 0 aromatic heterocycles. The van der Waals surface area contributed by atoms with Gasteiger partial charge in [-0.25, -0.2) is 0 Å². The highest BCUT2D eigenvalue weighted by Crippen LogP contribution is 2.24. The number of carbonyl (C=O) groups is 1. The number of benzene rings is 1. The van der Waals surface area contributed by atoms with E-state index >= 15 is 0 Å². The topological polar surface area (TPSA) is 38.3 Å². The summed E-state index contributed by atoms with van der Waals surface area (Å²) in [5.74, 6) is 0.0737. The van der Waals surface area contributed by atoms with E-state index in [9.17, 15) is 4.79 Å². The van der Waals surface area contributed by atoms with Crippen molar-refractivity contribution < 1.29 is 9.53 Å². The number of carbonyl (C=O) groups excluding carboxylic acids is 1. The Bertz CT molecular complexity index is 347. The predicted molar refractivity (Wildman–Crippen MR) is 49.5 cm³/mol. The lowest BCUT2D eigenvalue weighted by molar-refractivity contribution is -0.115. The van der Waals surface area contributed by atoms with Crippen molar-refractivity contribution in [1.82, 2.24) is 0 Å². The molecule has 0 saturated heterocycles. The zero-order chi connectivity index (χ0) is 9.26. The fourth-order valence-electron chi connectivity index (χ4n) is 1.52. The molecule has 3 nitrogen and oxygen atoms in total. The molecule has 0 fully saturated rings. The van der Waals surface area contributed by atoms with E-state index in [1.807, 2.05) is 18.2 Å². The number of rotatable bonds is 2. The van der Waals surface area contributed by atoms with Gasteiger partial charge in [-0.15, -0.1) is 0 Å². The molecular weight excluding hydrogens is 166 g/mol. The molecule has 0 radical (unpaired) electrons. The van der Waals surface area contributed by atoms with Gasteiger partial charge >= 0.3 is 0 Å². The van der Waals surface area contributed by atoms with Crippen LogP contribution in [0.1, 0.15) is 11.1 Å². The molecule has 1 aliphatic rings. The Labute approximate surface area is 76.7 Å². The van der Waals surface area contributed by atoms with Gasteiger partial charge in [0.25, 0.3) is 0 Å². The molecule has 68 valence electrons. The van der Waals surface area contributed by atoms with Gasteiger partial charge in [-0.1, -0.05) is 12.1 Å². The fraction of sp³-hybridized carbons (Fsp3) is 0.300. The van der Waals surface area contributed by atoms with E-state index in [2.05, 4.69) is 5.32 Å². The summed E-state index contributed by atoms with van der Waals surface area (Å²) in [4.78, 5) is 11.0. The minimum atomic E-state index is 0.0737. The van der Waals surface area contributed by atoms with Crippen molar-refractivity contribution in [1.29, 1.82) is 0 Å². The molecule has 0 atom stereocenters. The van der Waals surface area contributed by atoms with Crippen LogP contribution in [0.25, 0.3) is 0 Å². The minimum Gasteiger partial charge on any atom is -0.380 e. The number of hydrogen-bond donors (Lipinski definition) is 1. The van der Waals surface area contributed by atoms with Gasteiger partial charge in [0, 0.05) is 12.8 Å². The van der Waals surface area contributed by atoms with Crippen LogP contribution in [0.4, 0.5) is 5.69 Å². The first-order valence-corrected chi connectivity index (χ1v) is 4.20. The van der Waals surface area contributed by atoms with Crippen molar-refractivity contribution in [3.8, 4) is 0 Å². The van der Waals surface area contributed by atoms with Crippen molar-refractivity contribution in [2.45, 2.75) is 13.0 Å². The van der Waals surface area contributed by atoms with E-state index in [-0.39, 0.29) is 5.91 Å². The van der Waals surface area contributed by atoms with Crippen LogP contribution < -0.4 is 5.32 Å². The summed E-state index contributed by atoms with van der Waals surface area (Å²) in [5, 5.41) is 2.80. The maximum absolute atomic E-state index is 11.0. The van der Waals surface area contributed by atoms with Crippen molar-refractivity contribution in [3.63, 3.8) is 0 Å². The van der Waals surface area contributed by atoms with Gasteiger partial charge in [0.1, 0.15) is 0 Å². The quantitative estimate of drug-likeness (QED) is 0.740. The third-order valence-corrected chi connectivity index (χ3v) is 2.11. The van der Waals surface area contributed by atoms with Gasteiger partial charge in [-0.05, 0) is 17.2 Å². The Hall–Kier alpha value is -1.35. The van der Waals surface area contributed by atoms with Crippen LogP contribution >= 0.6 is 0 Å². The summed E-state index contributed by atoms with van der Waals surface area (Å²) < 4.78 is 5.00. The van der Waals surface area contributed by atoms with E-state index in [1.165, 1.54) is 0 Å². The zero-order valence-electron chi connectivity index (χ0n) is 7.46. The molecule has 0 aliphatic carbocycles. The van der Waals surface area contributed by atoms with Gasteiger partial charge in [-0.3, -0.25) is 4.79 Å². The van der Waals surface area contributed by atoms with Gasteiger partial charge in [0.05, 0.1) is 13.0 Å². The van der Waals surface area contributed by atoms with Crippen LogP contribution in [0.3, 0.4) is 0 Å². The number of nitrogens with one attached hydrogen (secondary N) is 1. The molecule has 1 aromatic carbocycles. The van der Waals surface area contributed by atoms with Crippen LogP contribution in [0.5, 0.6) is 0 Å². The standard InChI is InChI=1S/C10H11NO2/c1-13-6-7-2-3-8-5-10(12)11-9(8)4-7/h2-4H,5-6H2,1H3,(H,11,12). The van der Waals surface area contributed by atoms with Crippen LogP contribution in [-0.4, -0.2) is 13.0 Å². The number of anilines is 1. The van der Waals surface area contributed by atoms with Crippen molar-refractivity contribution in [3.05, 3.63) is 29.3 Å². The third kappa shape index (κ3) is 1.55. The van der Waals surface area contributed by atoms with Gasteiger partial charge in [-0.2, -0.15) is 0 Å². The number of hydrogen-bond acceptors (Lipinski definition) is 2. The molecule has 0 saturated carbocycles. The number of amides is 1. The van der Waals surface area contributed by atoms with Crippen molar-refractivity contribution >= 4 is 11.6 Å². The van der Waals surface area contributed by atoms with Crippen molar-refractivity contribution in [2.24, 2.45) is 0 Å². The van der Waals surface area contributed by atoms with E-state index < -0.39 is 0 Å². The second kappa shape index (κ2) is 3.18. The molecule has 13 heavy (non-hydrogen) atoms. The number of fused-ring (bicyclic) bond motifs is 1. The smallest absolute Gasteiger partial charge is 0.228 e. The molecule has 3 heteroatoms. The van der Waals surface area contributed by atoms with E-state index in [0.717, 1.165) is 16.8 Å². The van der Waals surface area contributed by atoms with Gasteiger partial charge in [0.2, 0.25) is 5.91 Å². The van der Waals surface area contributed by atoms with Crippen molar-refractivity contribution in [2.75, 3.05) is 12.4 Å². The lowest BCUT2D eigenvalue weighted by Crippen LogP contribution is -2.03. The Morgan fingerprint density at radius 1 is 1.54 bits per heavy atom. The summed E-state index contributed by atoms with van der Waals surface area (Å²) in [6, 6.07) is 5.92. The van der Waals surface area contributed by atoms with Crippen LogP contribution in [0.2, 0.25) is 0 Å². The summed E-state index contributed by atoms with van der Waals surface area (Å²) in [7, 11) is 1.66. The second-order valence-electron chi connectivity index (χ2n) is 3.15. The summed E-state index contributed by atoms with van der Waals surface area (Å²) in [5.41, 5.74) is 3.09. The molecule has 1 aliphatic heterocycles. The summed E-state index contributed by atoms with van der Waals surface area (Å²) >= 11 is 0. The Morgan fingerprint density at radius 3 is 3.15 bits per heavy atom. The Kier molecular flexibility index (Phi) is 2.02. The molecule has 0 spiro atoms. The van der Waals surface area contributed by atoms with E-state index in [1.54, 1.807) is 7.11 Å². The Morgan fingerprint density at radius 2 is 2.38 bits per heavy atom. The number of methoxy groups -OCH3 is 1. The highest BCUT2D eigenvalue weighted by Gasteiger charge is 2.16. The zero-order valence-corrected chi connectivity index (χ0v) is 7.46. The number of ether oxygens (including phenoxy) is 1. The third-order valence-electron chi connectivity index (χ3n) is 2.11. The maximum atomic E-state index is 11.0. The first-order valence-electron chi connectivity index (χ1n) is 4.20. The second-order valence-corrected chi connectivity index (χ2v) is 3.15. The van der Waals surface area contributed by atoms with E-state index in [4.69, 9.17) is 4.74 Å².